The zero-order valence-electron chi connectivity index (χ0n) is 17.7. The molecule has 0 saturated heterocycles. The number of ether oxygens (including phenoxy) is 1. The number of imidazole rings is 1. The Kier molecular flexibility index (Phi) is 6.80. The van der Waals surface area contributed by atoms with Gasteiger partial charge in [-0.15, -0.1) is 0 Å². The number of hydrazone groups is 1. The molecule has 13 heteroatoms. The van der Waals surface area contributed by atoms with Gasteiger partial charge in [0.2, 0.25) is 5.95 Å². The van der Waals surface area contributed by atoms with E-state index in [1.54, 1.807) is 6.07 Å². The third-order valence-corrected chi connectivity index (χ3v) is 4.48. The van der Waals surface area contributed by atoms with Crippen LogP contribution in [0.1, 0.15) is 19.4 Å². The van der Waals surface area contributed by atoms with Gasteiger partial charge in [-0.25, -0.2) is 10.2 Å². The Bertz CT molecular complexity index is 1270. The van der Waals surface area contributed by atoms with Crippen LogP contribution in [0.4, 0.5) is 11.6 Å². The number of hydrogen-bond acceptors (Lipinski definition) is 9. The van der Waals surface area contributed by atoms with Gasteiger partial charge in [-0.1, -0.05) is 12.1 Å². The summed E-state index contributed by atoms with van der Waals surface area (Å²) < 4.78 is 7.98. The SMILES string of the molecule is CC(C)OCC(O)Cn1c(N/N=C/c2cccc([N+](=O)[O-])c2)nc2c1c(=O)[nH]c(=O)n2C. The Morgan fingerprint density at radius 2 is 2.16 bits per heavy atom. The number of nitrogens with one attached hydrogen (secondary N) is 2. The van der Waals surface area contributed by atoms with Crippen LogP contribution in [0.2, 0.25) is 0 Å². The average molecular weight is 445 g/mol. The van der Waals surface area contributed by atoms with E-state index in [-0.39, 0.29) is 42.1 Å². The van der Waals surface area contributed by atoms with Crippen LogP contribution >= 0.6 is 0 Å². The molecular formula is C19H23N7O6. The summed E-state index contributed by atoms with van der Waals surface area (Å²) in [6, 6.07) is 5.85. The van der Waals surface area contributed by atoms with Crippen LogP contribution in [0.15, 0.2) is 39.0 Å². The minimum absolute atomic E-state index is 0.0252. The van der Waals surface area contributed by atoms with E-state index < -0.39 is 22.3 Å². The van der Waals surface area contributed by atoms with Crippen molar-refractivity contribution in [3.05, 3.63) is 60.8 Å². The maximum Gasteiger partial charge on any atom is 0.329 e. The summed E-state index contributed by atoms with van der Waals surface area (Å²) in [5.41, 5.74) is 1.92. The molecule has 1 unspecified atom stereocenters. The van der Waals surface area contributed by atoms with Crippen LogP contribution in [0, 0.1) is 10.1 Å². The molecule has 0 radical (unpaired) electrons. The van der Waals surface area contributed by atoms with Gasteiger partial charge in [0.15, 0.2) is 11.2 Å². The van der Waals surface area contributed by atoms with Crippen LogP contribution in [0.5, 0.6) is 0 Å². The van der Waals surface area contributed by atoms with Crippen molar-refractivity contribution < 1.29 is 14.8 Å². The Balaban J connectivity index is 1.96. The normalized spacial score (nSPS) is 12.7. The maximum absolute atomic E-state index is 12.5. The summed E-state index contributed by atoms with van der Waals surface area (Å²) in [4.78, 5) is 41.3. The van der Waals surface area contributed by atoms with Gasteiger partial charge >= 0.3 is 5.69 Å². The van der Waals surface area contributed by atoms with Crippen molar-refractivity contribution in [2.45, 2.75) is 32.6 Å². The quantitative estimate of drug-likeness (QED) is 0.244. The number of nitro groups is 1. The first-order valence-electron chi connectivity index (χ1n) is 9.70. The third-order valence-electron chi connectivity index (χ3n) is 4.48. The number of anilines is 1. The Labute approximate surface area is 181 Å². The largest absolute Gasteiger partial charge is 0.389 e. The highest BCUT2D eigenvalue weighted by Gasteiger charge is 2.20. The zero-order chi connectivity index (χ0) is 23.4. The molecule has 1 atom stereocenters. The van der Waals surface area contributed by atoms with E-state index in [2.05, 4.69) is 20.5 Å². The first-order chi connectivity index (χ1) is 15.2. The molecule has 0 spiro atoms. The molecular weight excluding hydrogens is 422 g/mol. The van der Waals surface area contributed by atoms with E-state index >= 15 is 0 Å². The van der Waals surface area contributed by atoms with Crippen LogP contribution in [0.25, 0.3) is 11.2 Å². The lowest BCUT2D eigenvalue weighted by molar-refractivity contribution is -0.384. The van der Waals surface area contributed by atoms with Crippen molar-refractivity contribution in [2.75, 3.05) is 12.0 Å². The van der Waals surface area contributed by atoms with Crippen LogP contribution in [0.3, 0.4) is 0 Å². The molecule has 2 aromatic heterocycles. The van der Waals surface area contributed by atoms with Crippen molar-refractivity contribution in [3.63, 3.8) is 0 Å². The minimum Gasteiger partial charge on any atom is -0.389 e. The fourth-order valence-corrected chi connectivity index (χ4v) is 2.95. The Morgan fingerprint density at radius 1 is 1.41 bits per heavy atom. The summed E-state index contributed by atoms with van der Waals surface area (Å²) in [7, 11) is 1.45. The van der Waals surface area contributed by atoms with Crippen molar-refractivity contribution in [2.24, 2.45) is 12.1 Å². The number of aliphatic hydroxyl groups is 1. The van der Waals surface area contributed by atoms with E-state index in [0.717, 1.165) is 0 Å². The van der Waals surface area contributed by atoms with Crippen molar-refractivity contribution >= 4 is 29.0 Å². The number of aliphatic hydroxyl groups excluding tert-OH is 1. The van der Waals surface area contributed by atoms with Gasteiger partial charge in [0.1, 0.15) is 0 Å². The molecule has 13 nitrogen and oxygen atoms in total. The maximum atomic E-state index is 12.5. The highest BCUT2D eigenvalue weighted by molar-refractivity contribution is 5.81. The van der Waals surface area contributed by atoms with E-state index in [1.165, 1.54) is 40.6 Å². The average Bonchev–Trinajstić information content (AvgIpc) is 3.09. The number of fused-ring (bicyclic) bond motifs is 1. The smallest absolute Gasteiger partial charge is 0.329 e. The standard InChI is InChI=1S/C19H23N7O6/c1-11(2)32-10-14(27)9-25-15-16(24(3)19(29)22-17(15)28)21-18(25)23-20-8-12-5-4-6-13(7-12)26(30)31/h4-8,11,14,27H,9-10H2,1-3H3,(H,21,23)(H,22,28,29)/b20-8+. The molecule has 1 aromatic carbocycles. The predicted molar refractivity (Wildman–Crippen MR) is 117 cm³/mol. The molecule has 170 valence electrons. The molecule has 0 aliphatic rings. The molecule has 0 aliphatic carbocycles. The molecule has 32 heavy (non-hydrogen) atoms. The summed E-state index contributed by atoms with van der Waals surface area (Å²) in [5, 5.41) is 25.3. The van der Waals surface area contributed by atoms with E-state index in [9.17, 15) is 24.8 Å². The number of benzene rings is 1. The van der Waals surface area contributed by atoms with Gasteiger partial charge in [-0.3, -0.25) is 24.5 Å². The van der Waals surface area contributed by atoms with Crippen molar-refractivity contribution in [1.29, 1.82) is 0 Å². The Hall–Kier alpha value is -3.84. The molecule has 3 aromatic rings. The van der Waals surface area contributed by atoms with Gasteiger partial charge in [0.05, 0.1) is 36.5 Å². The first kappa shape index (κ1) is 22.8. The lowest BCUT2D eigenvalue weighted by Gasteiger charge is -2.15. The second-order valence-electron chi connectivity index (χ2n) is 7.29. The molecule has 0 saturated carbocycles. The summed E-state index contributed by atoms with van der Waals surface area (Å²) >= 11 is 0. The number of aromatic amines is 1. The number of nitrogens with zero attached hydrogens (tertiary/aromatic N) is 5. The second kappa shape index (κ2) is 9.53. The lowest BCUT2D eigenvalue weighted by Crippen LogP contribution is -2.30. The second-order valence-corrected chi connectivity index (χ2v) is 7.29. The summed E-state index contributed by atoms with van der Waals surface area (Å²) in [6.07, 6.45) is 0.288. The number of aromatic nitrogens is 4. The van der Waals surface area contributed by atoms with E-state index in [1.807, 2.05) is 13.8 Å². The number of rotatable bonds is 9. The van der Waals surface area contributed by atoms with E-state index in [0.29, 0.717) is 5.56 Å². The molecule has 0 bridgehead atoms. The van der Waals surface area contributed by atoms with Crippen LogP contribution < -0.4 is 16.7 Å². The Morgan fingerprint density at radius 3 is 2.84 bits per heavy atom. The molecule has 0 amide bonds. The highest BCUT2D eigenvalue weighted by Crippen LogP contribution is 2.17. The van der Waals surface area contributed by atoms with Gasteiger partial charge in [-0.05, 0) is 13.8 Å². The van der Waals surface area contributed by atoms with Crippen molar-refractivity contribution in [3.8, 4) is 0 Å². The molecule has 0 aliphatic heterocycles. The van der Waals surface area contributed by atoms with E-state index in [4.69, 9.17) is 4.74 Å². The third kappa shape index (κ3) is 5.07. The molecule has 3 rings (SSSR count). The molecule has 2 heterocycles. The molecule has 3 N–H and O–H groups in total. The summed E-state index contributed by atoms with van der Waals surface area (Å²) in [6.45, 7) is 3.63. The number of H-pyrrole nitrogens is 1. The summed E-state index contributed by atoms with van der Waals surface area (Å²) in [5.74, 6) is 0.0944. The first-order valence-corrected chi connectivity index (χ1v) is 9.70. The van der Waals surface area contributed by atoms with Crippen molar-refractivity contribution in [1.82, 2.24) is 19.1 Å². The lowest BCUT2D eigenvalue weighted by atomic mass is 10.2. The predicted octanol–water partition coefficient (Wildman–Crippen LogP) is 0.563. The fraction of sp³-hybridized carbons (Fsp3) is 0.368. The number of aryl methyl sites for hydroxylation is 1. The van der Waals surface area contributed by atoms with Gasteiger partial charge in [0.25, 0.3) is 11.2 Å². The number of hydrogen-bond donors (Lipinski definition) is 3. The zero-order valence-corrected chi connectivity index (χ0v) is 17.7. The van der Waals surface area contributed by atoms with Gasteiger partial charge in [0, 0.05) is 24.7 Å². The molecule has 0 fully saturated rings. The number of nitro benzene ring substituents is 1. The monoisotopic (exact) mass is 445 g/mol. The van der Waals surface area contributed by atoms with Gasteiger partial charge in [-0.2, -0.15) is 10.1 Å². The number of non-ortho nitro benzene ring substituents is 1. The van der Waals surface area contributed by atoms with Crippen LogP contribution in [-0.2, 0) is 18.3 Å². The minimum atomic E-state index is -0.965. The highest BCUT2D eigenvalue weighted by atomic mass is 16.6. The topological polar surface area (TPSA) is 170 Å². The fourth-order valence-electron chi connectivity index (χ4n) is 2.95. The van der Waals surface area contributed by atoms with Crippen LogP contribution in [-0.4, -0.2) is 54.2 Å². The van der Waals surface area contributed by atoms with Gasteiger partial charge < -0.3 is 14.4 Å².